The number of hydrogen-bond acceptors (Lipinski definition) is 0. The van der Waals surface area contributed by atoms with Crippen LogP contribution in [0.1, 0.15) is 40.7 Å². The van der Waals surface area contributed by atoms with Gasteiger partial charge in [0.1, 0.15) is 0 Å². The zero-order valence-electron chi connectivity index (χ0n) is 14.2. The molecule has 2 unspecified atom stereocenters. The van der Waals surface area contributed by atoms with E-state index in [0.717, 1.165) is 12.3 Å². The van der Waals surface area contributed by atoms with Crippen molar-refractivity contribution in [3.05, 3.63) is 94.6 Å². The molecule has 2 aromatic carbocycles. The van der Waals surface area contributed by atoms with Gasteiger partial charge < -0.3 is 0 Å². The van der Waals surface area contributed by atoms with Crippen LogP contribution in [0.3, 0.4) is 0 Å². The third-order valence-electron chi connectivity index (χ3n) is 6.58. The van der Waals surface area contributed by atoms with E-state index >= 15 is 0 Å². The first-order valence-electron chi connectivity index (χ1n) is 9.37. The molecule has 0 nitrogen and oxygen atoms in total. The Hall–Kier alpha value is -2.08. The van der Waals surface area contributed by atoms with Gasteiger partial charge in [-0.05, 0) is 77.7 Å². The predicted molar refractivity (Wildman–Crippen MR) is 100 cm³/mol. The Labute approximate surface area is 144 Å². The maximum absolute atomic E-state index is 2.48. The van der Waals surface area contributed by atoms with E-state index in [4.69, 9.17) is 0 Å². The van der Waals surface area contributed by atoms with Gasteiger partial charge in [-0.25, -0.2) is 0 Å². The quantitative estimate of drug-likeness (QED) is 0.705. The van der Waals surface area contributed by atoms with Crippen molar-refractivity contribution in [2.45, 2.75) is 38.5 Å². The molecule has 0 saturated heterocycles. The van der Waals surface area contributed by atoms with Crippen LogP contribution >= 0.6 is 0 Å². The maximum atomic E-state index is 2.48. The van der Waals surface area contributed by atoms with Gasteiger partial charge in [-0.15, -0.1) is 0 Å². The molecule has 24 heavy (non-hydrogen) atoms. The summed E-state index contributed by atoms with van der Waals surface area (Å²) in [6.45, 7) is 0. The molecule has 120 valence electrons. The Morgan fingerprint density at radius 3 is 2.50 bits per heavy atom. The summed E-state index contributed by atoms with van der Waals surface area (Å²) >= 11 is 0. The van der Waals surface area contributed by atoms with Crippen molar-refractivity contribution in [1.29, 1.82) is 0 Å². The minimum Gasteiger partial charge on any atom is -0.0806 e. The van der Waals surface area contributed by atoms with Crippen LogP contribution in [0, 0.1) is 11.3 Å². The standard InChI is InChI=1S/C24H24/c1-2-7-21(17-24-14-4-3-10-22(24)13-15-24)19(6-1)16-20-9-5-8-18-11-12-23(18)20/h1-10,14,22H,11-13,15-17H2. The Bertz CT molecular complexity index is 839. The largest absolute Gasteiger partial charge is 0.0806 e. The summed E-state index contributed by atoms with van der Waals surface area (Å²) in [5.41, 5.74) is 8.22. The Balaban J connectivity index is 1.45. The van der Waals surface area contributed by atoms with E-state index in [9.17, 15) is 0 Å². The smallest absolute Gasteiger partial charge is 0.00116 e. The molecule has 0 radical (unpaired) electrons. The molecule has 0 aromatic heterocycles. The topological polar surface area (TPSA) is 0 Å². The second kappa shape index (κ2) is 5.48. The minimum atomic E-state index is 0.395. The number of aryl methyl sites for hydroxylation is 1. The fourth-order valence-corrected chi connectivity index (χ4v) is 4.85. The fourth-order valence-electron chi connectivity index (χ4n) is 4.85. The highest BCUT2D eigenvalue weighted by atomic mass is 14.5. The van der Waals surface area contributed by atoms with Crippen molar-refractivity contribution in [3.63, 3.8) is 0 Å². The predicted octanol–water partition coefficient (Wildman–Crippen LogP) is 5.44. The van der Waals surface area contributed by atoms with E-state index in [2.05, 4.69) is 66.8 Å². The van der Waals surface area contributed by atoms with Crippen LogP contribution in [0.4, 0.5) is 0 Å². The van der Waals surface area contributed by atoms with E-state index < -0.39 is 0 Å². The third-order valence-corrected chi connectivity index (χ3v) is 6.58. The number of hydrogen-bond donors (Lipinski definition) is 0. The molecule has 0 amide bonds. The third kappa shape index (κ3) is 2.20. The molecule has 3 aliphatic rings. The number of fused-ring (bicyclic) bond motifs is 2. The molecule has 2 atom stereocenters. The van der Waals surface area contributed by atoms with Crippen molar-refractivity contribution >= 4 is 0 Å². The van der Waals surface area contributed by atoms with Crippen LogP contribution in [-0.2, 0) is 25.7 Å². The number of rotatable bonds is 4. The molecule has 1 fully saturated rings. The van der Waals surface area contributed by atoms with Crippen LogP contribution in [-0.4, -0.2) is 0 Å². The van der Waals surface area contributed by atoms with Crippen LogP contribution in [0.25, 0.3) is 0 Å². The molecule has 0 heteroatoms. The lowest BCUT2D eigenvalue weighted by molar-refractivity contribution is 0.124. The Kier molecular flexibility index (Phi) is 3.26. The highest BCUT2D eigenvalue weighted by molar-refractivity contribution is 5.45. The Morgan fingerprint density at radius 1 is 0.875 bits per heavy atom. The van der Waals surface area contributed by atoms with E-state index in [0.29, 0.717) is 5.41 Å². The SMILES string of the molecule is C1=CC2CCC2(Cc2ccccc2Cc2cccc3c2CC3)C=C1. The van der Waals surface area contributed by atoms with Crippen molar-refractivity contribution < 1.29 is 0 Å². The van der Waals surface area contributed by atoms with Gasteiger partial charge in [-0.1, -0.05) is 66.8 Å². The van der Waals surface area contributed by atoms with Crippen LogP contribution in [0.5, 0.6) is 0 Å². The van der Waals surface area contributed by atoms with E-state index in [1.165, 1.54) is 37.7 Å². The van der Waals surface area contributed by atoms with Gasteiger partial charge in [0.15, 0.2) is 0 Å². The first-order chi connectivity index (χ1) is 11.8. The summed E-state index contributed by atoms with van der Waals surface area (Å²) in [5.74, 6) is 0.758. The summed E-state index contributed by atoms with van der Waals surface area (Å²) < 4.78 is 0. The van der Waals surface area contributed by atoms with Crippen molar-refractivity contribution in [2.24, 2.45) is 11.3 Å². The van der Waals surface area contributed by atoms with E-state index in [1.54, 1.807) is 22.3 Å². The second-order valence-electron chi connectivity index (χ2n) is 7.80. The van der Waals surface area contributed by atoms with Crippen LogP contribution < -0.4 is 0 Å². The normalized spacial score (nSPS) is 26.2. The van der Waals surface area contributed by atoms with Crippen molar-refractivity contribution in [3.8, 4) is 0 Å². The first-order valence-corrected chi connectivity index (χ1v) is 9.37. The van der Waals surface area contributed by atoms with Gasteiger partial charge in [0.05, 0.1) is 0 Å². The maximum Gasteiger partial charge on any atom is -0.00116 e. The molecule has 1 saturated carbocycles. The molecule has 0 bridgehead atoms. The van der Waals surface area contributed by atoms with Crippen LogP contribution in [0.15, 0.2) is 66.8 Å². The van der Waals surface area contributed by atoms with E-state index in [1.807, 2.05) is 0 Å². The average molecular weight is 312 g/mol. The van der Waals surface area contributed by atoms with Crippen molar-refractivity contribution in [2.75, 3.05) is 0 Å². The first kappa shape index (κ1) is 14.3. The molecule has 0 heterocycles. The zero-order valence-corrected chi connectivity index (χ0v) is 14.2. The average Bonchev–Trinajstić information content (AvgIpc) is 2.54. The summed E-state index contributed by atoms with van der Waals surface area (Å²) in [5, 5.41) is 0. The van der Waals surface area contributed by atoms with Crippen LogP contribution in [0.2, 0.25) is 0 Å². The van der Waals surface area contributed by atoms with Gasteiger partial charge in [0.25, 0.3) is 0 Å². The summed E-state index contributed by atoms with van der Waals surface area (Å²) in [4.78, 5) is 0. The molecule has 0 aliphatic heterocycles. The van der Waals surface area contributed by atoms with Crippen molar-refractivity contribution in [1.82, 2.24) is 0 Å². The lowest BCUT2D eigenvalue weighted by atomic mass is 9.56. The molecule has 0 spiro atoms. The summed E-state index contributed by atoms with van der Waals surface area (Å²) in [6.07, 6.45) is 16.9. The summed E-state index contributed by atoms with van der Waals surface area (Å²) in [6, 6.07) is 16.0. The fraction of sp³-hybridized carbons (Fsp3) is 0.333. The molecular weight excluding hydrogens is 288 g/mol. The highest BCUT2D eigenvalue weighted by Crippen LogP contribution is 2.52. The lowest BCUT2D eigenvalue weighted by Gasteiger charge is -2.48. The van der Waals surface area contributed by atoms with Gasteiger partial charge in [-0.3, -0.25) is 0 Å². The summed E-state index contributed by atoms with van der Waals surface area (Å²) in [7, 11) is 0. The molecule has 2 aromatic rings. The van der Waals surface area contributed by atoms with E-state index in [-0.39, 0.29) is 0 Å². The lowest BCUT2D eigenvalue weighted by Crippen LogP contribution is -2.40. The molecule has 5 rings (SSSR count). The molecule has 0 N–H and O–H groups in total. The molecular formula is C24H24. The zero-order chi connectivity index (χ0) is 16.0. The number of benzene rings is 2. The Morgan fingerprint density at radius 2 is 1.75 bits per heavy atom. The minimum absolute atomic E-state index is 0.395. The van der Waals surface area contributed by atoms with Gasteiger partial charge >= 0.3 is 0 Å². The second-order valence-corrected chi connectivity index (χ2v) is 7.80. The van der Waals surface area contributed by atoms with Gasteiger partial charge in [0.2, 0.25) is 0 Å². The molecule has 3 aliphatic carbocycles. The highest BCUT2D eigenvalue weighted by Gasteiger charge is 2.44. The van der Waals surface area contributed by atoms with Gasteiger partial charge in [-0.2, -0.15) is 0 Å². The monoisotopic (exact) mass is 312 g/mol. The number of allylic oxidation sites excluding steroid dienone is 4. The van der Waals surface area contributed by atoms with Gasteiger partial charge in [0, 0.05) is 0 Å².